The van der Waals surface area contributed by atoms with Crippen molar-refractivity contribution in [3.05, 3.63) is 111 Å². The van der Waals surface area contributed by atoms with Crippen molar-refractivity contribution < 1.29 is 9.53 Å². The van der Waals surface area contributed by atoms with Crippen LogP contribution in [0.4, 0.5) is 5.69 Å². The first-order valence-electron chi connectivity index (χ1n) is 10.8. The van der Waals surface area contributed by atoms with Crippen LogP contribution in [0, 0.1) is 20.8 Å². The molecule has 1 amide bonds. The van der Waals surface area contributed by atoms with Crippen molar-refractivity contribution in [2.75, 3.05) is 5.32 Å². The van der Waals surface area contributed by atoms with Gasteiger partial charge in [0.05, 0.1) is 28.6 Å². The van der Waals surface area contributed by atoms with E-state index in [0.717, 1.165) is 22.6 Å². The zero-order valence-electron chi connectivity index (χ0n) is 18.9. The second kappa shape index (κ2) is 9.92. The lowest BCUT2D eigenvalue weighted by Gasteiger charge is -2.10. The molecule has 0 spiro atoms. The minimum Gasteiger partial charge on any atom is -0.487 e. The molecule has 0 saturated carbocycles. The smallest absolute Gasteiger partial charge is 0.255 e. The molecule has 0 atom stereocenters. The quantitative estimate of drug-likeness (QED) is 0.350. The molecule has 1 N–H and O–H groups in total. The van der Waals surface area contributed by atoms with Gasteiger partial charge in [-0.15, -0.1) is 0 Å². The standard InChI is InChI=1S/C27H26ClN3O2/c1-18-8-6-9-21(14-18)16-31-20(3)26(19(2)30-31)29-27(32)23-11-7-10-22(15-23)17-33-25-13-5-4-12-24(25)28/h4-15H,16-17H2,1-3H3,(H,29,32). The van der Waals surface area contributed by atoms with E-state index in [0.29, 0.717) is 29.5 Å². The van der Waals surface area contributed by atoms with Gasteiger partial charge >= 0.3 is 0 Å². The fraction of sp³-hybridized carbons (Fsp3) is 0.185. The van der Waals surface area contributed by atoms with Crippen LogP contribution in [0.25, 0.3) is 0 Å². The molecule has 3 aromatic carbocycles. The Morgan fingerprint density at radius 1 is 0.970 bits per heavy atom. The SMILES string of the molecule is Cc1cccc(Cn2nc(C)c(NC(=O)c3cccc(COc4ccccc4Cl)c3)c2C)c1. The number of benzene rings is 3. The van der Waals surface area contributed by atoms with Crippen molar-refractivity contribution in [2.24, 2.45) is 0 Å². The number of hydrogen-bond donors (Lipinski definition) is 1. The number of ether oxygens (including phenoxy) is 1. The number of para-hydroxylation sites is 1. The first-order valence-corrected chi connectivity index (χ1v) is 11.2. The monoisotopic (exact) mass is 459 g/mol. The summed E-state index contributed by atoms with van der Waals surface area (Å²) in [6.45, 7) is 6.92. The Morgan fingerprint density at radius 3 is 2.52 bits per heavy atom. The highest BCUT2D eigenvalue weighted by Crippen LogP contribution is 2.25. The fourth-order valence-electron chi connectivity index (χ4n) is 3.73. The highest BCUT2D eigenvalue weighted by molar-refractivity contribution is 6.32. The molecule has 1 heterocycles. The Labute approximate surface area is 199 Å². The van der Waals surface area contributed by atoms with Crippen LogP contribution < -0.4 is 10.1 Å². The summed E-state index contributed by atoms with van der Waals surface area (Å²) >= 11 is 6.16. The first-order chi connectivity index (χ1) is 15.9. The van der Waals surface area contributed by atoms with Gasteiger partial charge in [-0.3, -0.25) is 9.48 Å². The number of nitrogens with one attached hydrogen (secondary N) is 1. The molecular weight excluding hydrogens is 434 g/mol. The molecule has 0 unspecified atom stereocenters. The van der Waals surface area contributed by atoms with E-state index in [-0.39, 0.29) is 5.91 Å². The Morgan fingerprint density at radius 2 is 1.73 bits per heavy atom. The Bertz CT molecular complexity index is 1300. The third-order valence-corrected chi connectivity index (χ3v) is 5.77. The maximum Gasteiger partial charge on any atom is 0.255 e. The zero-order valence-corrected chi connectivity index (χ0v) is 19.7. The number of rotatable bonds is 7. The average Bonchev–Trinajstić information content (AvgIpc) is 3.06. The van der Waals surface area contributed by atoms with Crippen molar-refractivity contribution in [3.63, 3.8) is 0 Å². The Kier molecular flexibility index (Phi) is 6.80. The van der Waals surface area contributed by atoms with E-state index in [2.05, 4.69) is 35.5 Å². The number of carbonyl (C=O) groups excluding carboxylic acids is 1. The molecule has 0 aliphatic heterocycles. The predicted octanol–water partition coefficient (Wildman–Crippen LogP) is 6.34. The molecule has 6 heteroatoms. The van der Waals surface area contributed by atoms with E-state index >= 15 is 0 Å². The third kappa shape index (κ3) is 5.44. The number of carbonyl (C=O) groups is 1. The molecule has 0 fully saturated rings. The molecule has 4 aromatic rings. The number of anilines is 1. The highest BCUT2D eigenvalue weighted by Gasteiger charge is 2.16. The van der Waals surface area contributed by atoms with Gasteiger partial charge in [0.15, 0.2) is 0 Å². The van der Waals surface area contributed by atoms with Crippen LogP contribution in [-0.4, -0.2) is 15.7 Å². The van der Waals surface area contributed by atoms with Crippen molar-refractivity contribution in [2.45, 2.75) is 33.9 Å². The summed E-state index contributed by atoms with van der Waals surface area (Å²) in [5.74, 6) is 0.428. The van der Waals surface area contributed by atoms with Crippen LogP contribution in [0.1, 0.15) is 38.4 Å². The predicted molar refractivity (Wildman–Crippen MR) is 132 cm³/mol. The molecule has 4 rings (SSSR count). The molecular formula is C27H26ClN3O2. The first kappa shape index (κ1) is 22.6. The van der Waals surface area contributed by atoms with Crippen molar-refractivity contribution in [1.29, 1.82) is 0 Å². The van der Waals surface area contributed by atoms with E-state index < -0.39 is 0 Å². The molecule has 1 aromatic heterocycles. The van der Waals surface area contributed by atoms with Crippen LogP contribution in [0.2, 0.25) is 5.02 Å². The second-order valence-corrected chi connectivity index (χ2v) is 8.47. The molecule has 0 aliphatic rings. The molecule has 168 valence electrons. The minimum absolute atomic E-state index is 0.184. The van der Waals surface area contributed by atoms with Gasteiger partial charge in [-0.25, -0.2) is 0 Å². The van der Waals surface area contributed by atoms with E-state index in [1.54, 1.807) is 12.1 Å². The van der Waals surface area contributed by atoms with Crippen molar-refractivity contribution >= 4 is 23.2 Å². The van der Waals surface area contributed by atoms with Gasteiger partial charge in [-0.05, 0) is 56.2 Å². The molecule has 5 nitrogen and oxygen atoms in total. The van der Waals surface area contributed by atoms with Crippen LogP contribution in [0.5, 0.6) is 5.75 Å². The van der Waals surface area contributed by atoms with Crippen molar-refractivity contribution in [1.82, 2.24) is 9.78 Å². The number of hydrogen-bond acceptors (Lipinski definition) is 3. The topological polar surface area (TPSA) is 56.2 Å². The van der Waals surface area contributed by atoms with E-state index in [4.69, 9.17) is 16.3 Å². The van der Waals surface area contributed by atoms with E-state index in [9.17, 15) is 4.79 Å². The summed E-state index contributed by atoms with van der Waals surface area (Å²) in [6.07, 6.45) is 0. The molecule has 0 bridgehead atoms. The second-order valence-electron chi connectivity index (χ2n) is 8.07. The zero-order chi connectivity index (χ0) is 23.4. The summed E-state index contributed by atoms with van der Waals surface area (Å²) < 4.78 is 7.73. The molecule has 0 aliphatic carbocycles. The van der Waals surface area contributed by atoms with Crippen molar-refractivity contribution in [3.8, 4) is 5.75 Å². The summed E-state index contributed by atoms with van der Waals surface area (Å²) in [6, 6.07) is 23.1. The van der Waals surface area contributed by atoms with Gasteiger partial charge in [0, 0.05) is 5.56 Å². The number of amides is 1. The lowest BCUT2D eigenvalue weighted by molar-refractivity contribution is 0.102. The molecule has 33 heavy (non-hydrogen) atoms. The minimum atomic E-state index is -0.184. The lowest BCUT2D eigenvalue weighted by atomic mass is 10.1. The van der Waals surface area contributed by atoms with Gasteiger partial charge in [-0.1, -0.05) is 65.7 Å². The average molecular weight is 460 g/mol. The fourth-order valence-corrected chi connectivity index (χ4v) is 3.92. The third-order valence-electron chi connectivity index (χ3n) is 5.46. The van der Waals surface area contributed by atoms with Crippen LogP contribution in [-0.2, 0) is 13.2 Å². The van der Waals surface area contributed by atoms with Gasteiger partial charge in [0.25, 0.3) is 5.91 Å². The maximum absolute atomic E-state index is 13.0. The number of aromatic nitrogens is 2. The summed E-state index contributed by atoms with van der Waals surface area (Å²) in [4.78, 5) is 13.0. The molecule has 0 saturated heterocycles. The summed E-state index contributed by atoms with van der Waals surface area (Å²) in [5.41, 5.74) is 6.26. The van der Waals surface area contributed by atoms with E-state index in [1.165, 1.54) is 11.1 Å². The van der Waals surface area contributed by atoms with Gasteiger partial charge in [-0.2, -0.15) is 5.10 Å². The van der Waals surface area contributed by atoms with Crippen LogP contribution >= 0.6 is 11.6 Å². The van der Waals surface area contributed by atoms with Gasteiger partial charge in [0.1, 0.15) is 12.4 Å². The van der Waals surface area contributed by atoms with E-state index in [1.807, 2.05) is 61.0 Å². The number of halogens is 1. The lowest BCUT2D eigenvalue weighted by Crippen LogP contribution is -2.14. The number of nitrogens with zero attached hydrogens (tertiary/aromatic N) is 2. The Balaban J connectivity index is 1.46. The maximum atomic E-state index is 13.0. The summed E-state index contributed by atoms with van der Waals surface area (Å²) in [7, 11) is 0. The van der Waals surface area contributed by atoms with Gasteiger partial charge < -0.3 is 10.1 Å². The van der Waals surface area contributed by atoms with Crippen LogP contribution in [0.15, 0.2) is 72.8 Å². The van der Waals surface area contributed by atoms with Crippen LogP contribution in [0.3, 0.4) is 0 Å². The largest absolute Gasteiger partial charge is 0.487 e. The normalized spacial score (nSPS) is 10.8. The Hall–Kier alpha value is -3.57. The molecule has 0 radical (unpaired) electrons. The van der Waals surface area contributed by atoms with Gasteiger partial charge in [0.2, 0.25) is 0 Å². The highest BCUT2D eigenvalue weighted by atomic mass is 35.5. The summed E-state index contributed by atoms with van der Waals surface area (Å²) in [5, 5.41) is 8.23. The number of aryl methyl sites for hydroxylation is 2.